The molecule has 1 aliphatic rings. The van der Waals surface area contributed by atoms with Gasteiger partial charge in [-0.05, 0) is 22.3 Å². The van der Waals surface area contributed by atoms with Crippen molar-refractivity contribution in [2.75, 3.05) is 6.61 Å². The maximum atomic E-state index is 13.5. The van der Waals surface area contributed by atoms with E-state index < -0.39 is 24.4 Å². The van der Waals surface area contributed by atoms with Crippen molar-refractivity contribution in [3.05, 3.63) is 149 Å². The lowest BCUT2D eigenvalue weighted by atomic mass is 10.0. The van der Waals surface area contributed by atoms with Crippen LogP contribution in [0.5, 0.6) is 0 Å². The summed E-state index contributed by atoms with van der Waals surface area (Å²) in [6.45, 7) is 1.73. The molecule has 5 rings (SSSR count). The van der Waals surface area contributed by atoms with Crippen molar-refractivity contribution in [1.82, 2.24) is 0 Å². The van der Waals surface area contributed by atoms with Crippen LogP contribution in [0.15, 0.2) is 121 Å². The van der Waals surface area contributed by atoms with Crippen LogP contribution in [-0.2, 0) is 45.4 Å². The second-order valence-corrected chi connectivity index (χ2v) is 9.86. The van der Waals surface area contributed by atoms with Gasteiger partial charge < -0.3 is 24.2 Å². The molecular weight excluding hydrogens is 502 g/mol. The average Bonchev–Trinajstić information content (AvgIpc) is 3.33. The lowest BCUT2D eigenvalue weighted by molar-refractivity contribution is -0.515. The average molecular weight is 538 g/mol. The van der Waals surface area contributed by atoms with Crippen molar-refractivity contribution in [1.29, 1.82) is 0 Å². The van der Waals surface area contributed by atoms with Crippen molar-refractivity contribution < 1.29 is 23.7 Å². The third-order valence-electron chi connectivity index (χ3n) is 6.90. The van der Waals surface area contributed by atoms with Gasteiger partial charge in [-0.1, -0.05) is 121 Å². The fraction of sp³-hybridized carbons (Fsp3) is 0.265. The summed E-state index contributed by atoms with van der Waals surface area (Å²) in [7, 11) is 0. The number of hydrogen-bond donors (Lipinski definition) is 0. The van der Waals surface area contributed by atoms with E-state index in [0.717, 1.165) is 27.0 Å². The highest BCUT2D eigenvalue weighted by molar-refractivity contribution is 5.61. The van der Waals surface area contributed by atoms with Gasteiger partial charge in [0.15, 0.2) is 18.4 Å². The zero-order valence-electron chi connectivity index (χ0n) is 22.5. The fourth-order valence-corrected chi connectivity index (χ4v) is 4.80. The van der Waals surface area contributed by atoms with Crippen LogP contribution in [0.25, 0.3) is 0 Å². The van der Waals surface area contributed by atoms with Crippen LogP contribution in [0.4, 0.5) is 0 Å². The van der Waals surface area contributed by atoms with E-state index in [1.54, 1.807) is 6.21 Å². The minimum atomic E-state index is -0.649. The van der Waals surface area contributed by atoms with Crippen molar-refractivity contribution >= 4 is 6.21 Å². The van der Waals surface area contributed by atoms with Gasteiger partial charge in [0.05, 0.1) is 33.0 Å². The van der Waals surface area contributed by atoms with E-state index in [4.69, 9.17) is 18.9 Å². The van der Waals surface area contributed by atoms with Crippen LogP contribution >= 0.6 is 0 Å². The third-order valence-corrected chi connectivity index (χ3v) is 6.90. The van der Waals surface area contributed by atoms with Crippen LogP contribution in [0.1, 0.15) is 22.3 Å². The van der Waals surface area contributed by atoms with Gasteiger partial charge >= 0.3 is 0 Å². The molecule has 4 atom stereocenters. The minimum absolute atomic E-state index is 0.232. The van der Waals surface area contributed by atoms with E-state index in [9.17, 15) is 5.21 Å². The first kappa shape index (κ1) is 27.7. The summed E-state index contributed by atoms with van der Waals surface area (Å²) in [5.74, 6) is 0. The molecule has 0 bridgehead atoms. The second-order valence-electron chi connectivity index (χ2n) is 9.86. The summed E-state index contributed by atoms with van der Waals surface area (Å²) in [4.78, 5) is 0. The van der Waals surface area contributed by atoms with E-state index in [-0.39, 0.29) is 6.61 Å². The van der Waals surface area contributed by atoms with Crippen LogP contribution in [0.2, 0.25) is 0 Å². The van der Waals surface area contributed by atoms with Gasteiger partial charge in [-0.3, -0.25) is 0 Å². The summed E-state index contributed by atoms with van der Waals surface area (Å²) >= 11 is 0. The molecular formula is C34H35NO5. The number of hydrogen-bond acceptors (Lipinski definition) is 5. The van der Waals surface area contributed by atoms with Crippen LogP contribution in [-0.4, -0.2) is 41.9 Å². The normalized spacial score (nSPS) is 19.3. The molecule has 40 heavy (non-hydrogen) atoms. The zero-order valence-corrected chi connectivity index (χ0v) is 22.5. The van der Waals surface area contributed by atoms with E-state index in [0.29, 0.717) is 26.4 Å². The molecule has 0 spiro atoms. The molecule has 0 radical (unpaired) electrons. The van der Waals surface area contributed by atoms with Gasteiger partial charge in [-0.2, -0.15) is 0 Å². The summed E-state index contributed by atoms with van der Waals surface area (Å²) in [5, 5.41) is 13.5. The Labute approximate surface area is 236 Å². The molecule has 4 aromatic carbocycles. The number of nitrogens with zero attached hydrogens (tertiary/aromatic N) is 1. The summed E-state index contributed by atoms with van der Waals surface area (Å²) in [5.41, 5.74) is 4.13. The predicted octanol–water partition coefficient (Wildman–Crippen LogP) is 5.92. The number of rotatable bonds is 14. The zero-order chi connectivity index (χ0) is 27.4. The Balaban J connectivity index is 1.34. The Hall–Kier alpha value is -3.81. The van der Waals surface area contributed by atoms with Gasteiger partial charge in [-0.25, -0.2) is 4.74 Å². The van der Waals surface area contributed by atoms with Crippen molar-refractivity contribution in [3.63, 3.8) is 0 Å². The van der Waals surface area contributed by atoms with Crippen LogP contribution < -0.4 is 0 Å². The first-order valence-electron chi connectivity index (χ1n) is 13.6. The number of benzene rings is 4. The number of ether oxygens (including phenoxy) is 4. The molecule has 1 heterocycles. The lowest BCUT2D eigenvalue weighted by Crippen LogP contribution is -2.48. The first-order valence-corrected chi connectivity index (χ1v) is 13.6. The topological polar surface area (TPSA) is 63.0 Å². The number of hydroxylamine groups is 1. The molecule has 6 heteroatoms. The standard InChI is InChI=1S/C34H35NO5/c36-35-21-31(38-23-28-15-7-2-8-16-28)34(40-25-30-19-11-4-12-20-30)33(35)32(39-24-29-17-9-3-10-18-29)26-37-22-27-13-5-1-6-14-27/h1-21,31-34H,22-26H2/t31-,32+,33+,34+/m0/s1. The monoisotopic (exact) mass is 537 g/mol. The molecule has 0 N–H and O–H groups in total. The Morgan fingerprint density at radius 1 is 0.575 bits per heavy atom. The highest BCUT2D eigenvalue weighted by atomic mass is 16.6. The molecule has 0 amide bonds. The molecule has 0 aliphatic carbocycles. The van der Waals surface area contributed by atoms with E-state index in [2.05, 4.69) is 0 Å². The molecule has 206 valence electrons. The Morgan fingerprint density at radius 3 is 1.55 bits per heavy atom. The molecule has 0 fully saturated rings. The summed E-state index contributed by atoms with van der Waals surface area (Å²) in [6.07, 6.45) is -0.0751. The molecule has 0 unspecified atom stereocenters. The maximum Gasteiger partial charge on any atom is 0.220 e. The van der Waals surface area contributed by atoms with Gasteiger partial charge in [0.25, 0.3) is 0 Å². The van der Waals surface area contributed by atoms with Gasteiger partial charge in [0.1, 0.15) is 6.10 Å². The highest BCUT2D eigenvalue weighted by Gasteiger charge is 2.48. The molecule has 4 aromatic rings. The van der Waals surface area contributed by atoms with Crippen LogP contribution in [0.3, 0.4) is 0 Å². The lowest BCUT2D eigenvalue weighted by Gasteiger charge is -2.29. The SMILES string of the molecule is [O-][N+]1=C[C@H](OCc2ccccc2)[C@@H](OCc2ccccc2)[C@H]1[C@@H](COCc1ccccc1)OCc1ccccc1. The molecule has 1 aliphatic heterocycles. The van der Waals surface area contributed by atoms with E-state index in [1.807, 2.05) is 121 Å². The Morgan fingerprint density at radius 2 is 1.02 bits per heavy atom. The van der Waals surface area contributed by atoms with Crippen LogP contribution in [0, 0.1) is 5.21 Å². The molecule has 0 saturated carbocycles. The molecule has 0 aromatic heterocycles. The van der Waals surface area contributed by atoms with Crippen molar-refractivity contribution in [3.8, 4) is 0 Å². The first-order chi connectivity index (χ1) is 19.8. The Bertz CT molecular complexity index is 1300. The smallest absolute Gasteiger partial charge is 0.220 e. The maximum absolute atomic E-state index is 13.5. The highest BCUT2D eigenvalue weighted by Crippen LogP contribution is 2.25. The Kier molecular flexibility index (Phi) is 10.1. The van der Waals surface area contributed by atoms with E-state index >= 15 is 0 Å². The van der Waals surface area contributed by atoms with Gasteiger partial charge in [0.2, 0.25) is 6.04 Å². The van der Waals surface area contributed by atoms with Gasteiger partial charge in [-0.15, -0.1) is 0 Å². The quantitative estimate of drug-likeness (QED) is 0.148. The predicted molar refractivity (Wildman–Crippen MR) is 155 cm³/mol. The van der Waals surface area contributed by atoms with Crippen molar-refractivity contribution in [2.24, 2.45) is 0 Å². The molecule has 6 nitrogen and oxygen atoms in total. The van der Waals surface area contributed by atoms with Crippen molar-refractivity contribution in [2.45, 2.75) is 50.8 Å². The largest absolute Gasteiger partial charge is 0.624 e. The second kappa shape index (κ2) is 14.5. The van der Waals surface area contributed by atoms with Gasteiger partial charge in [0, 0.05) is 0 Å². The minimum Gasteiger partial charge on any atom is -0.624 e. The fourth-order valence-electron chi connectivity index (χ4n) is 4.80. The van der Waals surface area contributed by atoms with E-state index in [1.165, 1.54) is 0 Å². The summed E-state index contributed by atoms with van der Waals surface area (Å²) in [6, 6.07) is 39.1. The summed E-state index contributed by atoms with van der Waals surface area (Å²) < 4.78 is 26.1. The molecule has 0 saturated heterocycles. The third kappa shape index (κ3) is 7.87.